The molecule has 2 N–H and O–H groups in total. The third-order valence-corrected chi connectivity index (χ3v) is 3.50. The smallest absolute Gasteiger partial charge is 0.158 e. The molecule has 0 fully saturated rings. The Morgan fingerprint density at radius 1 is 1.19 bits per heavy atom. The molecule has 0 atom stereocenters. The van der Waals surface area contributed by atoms with E-state index in [-0.39, 0.29) is 0 Å². The van der Waals surface area contributed by atoms with Crippen LogP contribution >= 0.6 is 0 Å². The lowest BCUT2D eigenvalue weighted by molar-refractivity contribution is 0.582. The second-order valence-electron chi connectivity index (χ2n) is 4.71. The highest BCUT2D eigenvalue weighted by Gasteiger charge is 2.17. The van der Waals surface area contributed by atoms with Gasteiger partial charge in [-0.3, -0.25) is 4.40 Å². The van der Waals surface area contributed by atoms with Crippen molar-refractivity contribution in [1.82, 2.24) is 9.38 Å². The lowest BCUT2D eigenvalue weighted by Crippen LogP contribution is -2.00. The lowest BCUT2D eigenvalue weighted by atomic mass is 10.1. The molecule has 4 rings (SSSR count). The van der Waals surface area contributed by atoms with Crippen LogP contribution in [0.4, 0.5) is 5.82 Å². The summed E-state index contributed by atoms with van der Waals surface area (Å²) in [6.45, 7) is 0. The summed E-state index contributed by atoms with van der Waals surface area (Å²) in [6, 6.07) is 15.2. The molecular formula is C16H10N4O. The molecule has 0 aliphatic heterocycles. The molecule has 4 aromatic rings. The Hall–Kier alpha value is -3.26. The molecule has 0 radical (unpaired) electrons. The van der Waals surface area contributed by atoms with Crippen LogP contribution in [0.5, 0.6) is 0 Å². The summed E-state index contributed by atoms with van der Waals surface area (Å²) in [4.78, 5) is 4.54. The van der Waals surface area contributed by atoms with Crippen molar-refractivity contribution in [2.24, 2.45) is 0 Å². The van der Waals surface area contributed by atoms with Crippen molar-refractivity contribution in [2.75, 3.05) is 5.73 Å². The number of nitrogen functional groups attached to an aromatic ring is 1. The maximum Gasteiger partial charge on any atom is 0.158 e. The van der Waals surface area contributed by atoms with Crippen molar-refractivity contribution in [1.29, 1.82) is 5.26 Å². The fourth-order valence-corrected chi connectivity index (χ4v) is 2.60. The van der Waals surface area contributed by atoms with Crippen LogP contribution in [0, 0.1) is 11.3 Å². The zero-order valence-corrected chi connectivity index (χ0v) is 10.9. The molecular weight excluding hydrogens is 264 g/mol. The fraction of sp³-hybridized carbons (Fsp3) is 0. The Balaban J connectivity index is 2.21. The first-order valence-corrected chi connectivity index (χ1v) is 6.43. The number of benzene rings is 1. The van der Waals surface area contributed by atoms with Gasteiger partial charge in [0.25, 0.3) is 0 Å². The maximum absolute atomic E-state index is 9.55. The largest absolute Gasteiger partial charge is 0.464 e. The molecule has 100 valence electrons. The molecule has 0 amide bonds. The number of furan rings is 1. The van der Waals surface area contributed by atoms with Gasteiger partial charge in [-0.2, -0.15) is 5.26 Å². The SMILES string of the molecule is N#Cc1c(-c2ccco2)cc(N)n2c1nc1ccccc12. The third-order valence-electron chi connectivity index (χ3n) is 3.50. The number of fused-ring (bicyclic) bond motifs is 3. The van der Waals surface area contributed by atoms with Crippen LogP contribution in [-0.4, -0.2) is 9.38 Å². The van der Waals surface area contributed by atoms with E-state index in [2.05, 4.69) is 11.1 Å². The van der Waals surface area contributed by atoms with Gasteiger partial charge in [-0.15, -0.1) is 0 Å². The zero-order chi connectivity index (χ0) is 14.4. The van der Waals surface area contributed by atoms with E-state index in [0.717, 1.165) is 11.0 Å². The van der Waals surface area contributed by atoms with Crippen molar-refractivity contribution >= 4 is 22.5 Å². The highest BCUT2D eigenvalue weighted by atomic mass is 16.3. The quantitative estimate of drug-likeness (QED) is 0.578. The lowest BCUT2D eigenvalue weighted by Gasteiger charge is -2.07. The predicted octanol–water partition coefficient (Wildman–Crippen LogP) is 3.20. The van der Waals surface area contributed by atoms with E-state index in [4.69, 9.17) is 10.2 Å². The van der Waals surface area contributed by atoms with Gasteiger partial charge >= 0.3 is 0 Å². The zero-order valence-electron chi connectivity index (χ0n) is 10.9. The topological polar surface area (TPSA) is 80.2 Å². The number of nitrogens with two attached hydrogens (primary N) is 1. The highest BCUT2D eigenvalue weighted by Crippen LogP contribution is 2.31. The summed E-state index contributed by atoms with van der Waals surface area (Å²) in [5.74, 6) is 1.12. The van der Waals surface area contributed by atoms with Crippen LogP contribution in [0.3, 0.4) is 0 Å². The van der Waals surface area contributed by atoms with Gasteiger partial charge in [-0.25, -0.2) is 4.98 Å². The average Bonchev–Trinajstić information content (AvgIpc) is 3.14. The summed E-state index contributed by atoms with van der Waals surface area (Å²) < 4.78 is 7.19. The van der Waals surface area contributed by atoms with E-state index < -0.39 is 0 Å². The number of nitrogens with zero attached hydrogens (tertiary/aromatic N) is 3. The highest BCUT2D eigenvalue weighted by molar-refractivity contribution is 5.88. The van der Waals surface area contributed by atoms with Gasteiger partial charge in [0.2, 0.25) is 0 Å². The average molecular weight is 274 g/mol. The minimum absolute atomic E-state index is 0.454. The van der Waals surface area contributed by atoms with Crippen LogP contribution in [0.25, 0.3) is 28.0 Å². The Kier molecular flexibility index (Phi) is 2.27. The maximum atomic E-state index is 9.55. The van der Waals surface area contributed by atoms with E-state index in [1.165, 1.54) is 0 Å². The minimum Gasteiger partial charge on any atom is -0.464 e. The van der Waals surface area contributed by atoms with E-state index >= 15 is 0 Å². The van der Waals surface area contributed by atoms with E-state index in [9.17, 15) is 5.26 Å². The van der Waals surface area contributed by atoms with Gasteiger partial charge in [-0.1, -0.05) is 12.1 Å². The molecule has 21 heavy (non-hydrogen) atoms. The van der Waals surface area contributed by atoms with Crippen molar-refractivity contribution < 1.29 is 4.42 Å². The number of rotatable bonds is 1. The number of hydrogen-bond donors (Lipinski definition) is 1. The summed E-state index contributed by atoms with van der Waals surface area (Å²) in [5.41, 5.74) is 9.51. The van der Waals surface area contributed by atoms with Gasteiger partial charge in [-0.05, 0) is 30.3 Å². The monoisotopic (exact) mass is 274 g/mol. The van der Waals surface area contributed by atoms with Crippen LogP contribution in [0.15, 0.2) is 53.1 Å². The molecule has 3 aromatic heterocycles. The first-order valence-electron chi connectivity index (χ1n) is 6.43. The molecule has 0 aliphatic rings. The van der Waals surface area contributed by atoms with Crippen LogP contribution < -0.4 is 5.73 Å². The molecule has 3 heterocycles. The number of nitriles is 1. The van der Waals surface area contributed by atoms with E-state index in [1.807, 2.05) is 24.3 Å². The summed E-state index contributed by atoms with van der Waals surface area (Å²) >= 11 is 0. The van der Waals surface area contributed by atoms with Crippen molar-refractivity contribution in [2.45, 2.75) is 0 Å². The fourth-order valence-electron chi connectivity index (χ4n) is 2.60. The minimum atomic E-state index is 0.454. The number of imidazole rings is 1. The first kappa shape index (κ1) is 11.6. The molecule has 0 saturated carbocycles. The number of aromatic nitrogens is 2. The number of para-hydroxylation sites is 2. The molecule has 0 bridgehead atoms. The van der Waals surface area contributed by atoms with Gasteiger partial charge in [0.1, 0.15) is 23.2 Å². The summed E-state index contributed by atoms with van der Waals surface area (Å²) in [5, 5.41) is 9.55. The normalized spacial score (nSPS) is 11.0. The summed E-state index contributed by atoms with van der Waals surface area (Å²) in [6.07, 6.45) is 1.57. The predicted molar refractivity (Wildman–Crippen MR) is 79.5 cm³/mol. The van der Waals surface area contributed by atoms with E-state index in [0.29, 0.717) is 28.4 Å². The molecule has 5 heteroatoms. The number of pyridine rings is 1. The van der Waals surface area contributed by atoms with Crippen LogP contribution in [0.2, 0.25) is 0 Å². The molecule has 0 spiro atoms. The van der Waals surface area contributed by atoms with Gasteiger partial charge in [0, 0.05) is 5.56 Å². The van der Waals surface area contributed by atoms with Crippen molar-refractivity contribution in [3.8, 4) is 17.4 Å². The standard InChI is InChI=1S/C16H10N4O/c17-9-11-10(14-6-3-7-21-14)8-15(18)20-13-5-2-1-4-12(13)19-16(11)20/h1-8H,18H2. The Bertz CT molecular complexity index is 1010. The molecule has 0 unspecified atom stereocenters. The van der Waals surface area contributed by atoms with Crippen molar-refractivity contribution in [3.05, 3.63) is 54.3 Å². The third kappa shape index (κ3) is 1.53. The Labute approximate surface area is 119 Å². The van der Waals surface area contributed by atoms with Gasteiger partial charge in [0.05, 0.1) is 17.3 Å². The van der Waals surface area contributed by atoms with Crippen LogP contribution in [-0.2, 0) is 0 Å². The number of hydrogen-bond acceptors (Lipinski definition) is 4. The summed E-state index contributed by atoms with van der Waals surface area (Å²) in [7, 11) is 0. The molecule has 1 aromatic carbocycles. The molecule has 0 aliphatic carbocycles. The van der Waals surface area contributed by atoms with Gasteiger partial charge < -0.3 is 10.2 Å². The second-order valence-corrected chi connectivity index (χ2v) is 4.71. The van der Waals surface area contributed by atoms with Crippen molar-refractivity contribution in [3.63, 3.8) is 0 Å². The number of anilines is 1. The Morgan fingerprint density at radius 2 is 2.05 bits per heavy atom. The Morgan fingerprint density at radius 3 is 2.81 bits per heavy atom. The molecule has 5 nitrogen and oxygen atoms in total. The van der Waals surface area contributed by atoms with Gasteiger partial charge in [0.15, 0.2) is 5.65 Å². The molecule has 0 saturated heterocycles. The van der Waals surface area contributed by atoms with E-state index in [1.54, 1.807) is 28.9 Å². The second kappa shape index (κ2) is 4.12. The van der Waals surface area contributed by atoms with Crippen LogP contribution in [0.1, 0.15) is 5.56 Å². The first-order chi connectivity index (χ1) is 10.3.